The number of esters is 1. The van der Waals surface area contributed by atoms with Gasteiger partial charge < -0.3 is 28.3 Å². The summed E-state index contributed by atoms with van der Waals surface area (Å²) in [5.74, 6) is -0.217. The van der Waals surface area contributed by atoms with Crippen LogP contribution < -0.4 is 9.47 Å². The number of halogens is 2. The molecule has 18 heteroatoms. The van der Waals surface area contributed by atoms with Gasteiger partial charge in [0.25, 0.3) is 5.89 Å². The predicted molar refractivity (Wildman–Crippen MR) is 221 cm³/mol. The number of hydrogen-bond donors (Lipinski definition) is 1. The summed E-state index contributed by atoms with van der Waals surface area (Å²) < 4.78 is 31.2. The van der Waals surface area contributed by atoms with E-state index in [4.69, 9.17) is 46.4 Å². The fourth-order valence-corrected chi connectivity index (χ4v) is 6.87. The fraction of sp³-hybridized carbons (Fsp3) is 0.238. The molecule has 1 atom stereocenters. The number of aromatic nitrogens is 8. The molecule has 8 aromatic rings. The van der Waals surface area contributed by atoms with Crippen molar-refractivity contribution in [1.29, 1.82) is 0 Å². The maximum atomic E-state index is 13.0. The molecule has 5 aromatic heterocycles. The summed E-state index contributed by atoms with van der Waals surface area (Å²) in [5, 5.41) is 25.2. The molecule has 306 valence electrons. The van der Waals surface area contributed by atoms with Crippen molar-refractivity contribution >= 4 is 56.9 Å². The number of hydrogen-bond acceptors (Lipinski definition) is 13. The van der Waals surface area contributed by atoms with Crippen molar-refractivity contribution in [3.8, 4) is 57.2 Å². The van der Waals surface area contributed by atoms with E-state index in [1.165, 1.54) is 10.9 Å². The maximum absolute atomic E-state index is 13.0. The Bertz CT molecular complexity index is 2860. The SMILES string of the molecule is CC(C)Oc1ccc(-c2nc(-c3cccc4c3cnn4CC(OC(=O)CCn3ncc4cc(-c5noc(-c6cnc(OC(C)C)c(Cl)c6)n5)ccc43)C(=O)O)co2)cc1Cl. The van der Waals surface area contributed by atoms with Gasteiger partial charge in [-0.25, -0.2) is 14.8 Å². The number of oxazole rings is 1. The first kappa shape index (κ1) is 40.0. The molecule has 0 amide bonds. The summed E-state index contributed by atoms with van der Waals surface area (Å²) in [6.45, 7) is 7.51. The second kappa shape index (κ2) is 16.8. The number of carbonyl (C=O) groups excluding carboxylic acids is 1. The quantitative estimate of drug-likeness (QED) is 0.0961. The zero-order valence-corrected chi connectivity index (χ0v) is 34.1. The Labute approximate surface area is 351 Å². The number of fused-ring (bicyclic) bond motifs is 2. The van der Waals surface area contributed by atoms with Gasteiger partial charge >= 0.3 is 11.9 Å². The lowest BCUT2D eigenvalue weighted by atomic mass is 10.1. The van der Waals surface area contributed by atoms with E-state index in [0.29, 0.717) is 72.2 Å². The molecule has 0 radical (unpaired) electrons. The third-order valence-corrected chi connectivity index (χ3v) is 9.72. The van der Waals surface area contributed by atoms with Crippen LogP contribution in [0.5, 0.6) is 11.6 Å². The van der Waals surface area contributed by atoms with Gasteiger partial charge in [-0.15, -0.1) is 0 Å². The molecule has 16 nitrogen and oxygen atoms in total. The number of aliphatic carboxylic acids is 1. The number of ether oxygens (including phenoxy) is 3. The van der Waals surface area contributed by atoms with E-state index in [1.54, 1.807) is 59.7 Å². The van der Waals surface area contributed by atoms with Gasteiger partial charge in [0.05, 0.1) is 65.7 Å². The molecule has 0 fully saturated rings. The van der Waals surface area contributed by atoms with E-state index in [9.17, 15) is 14.7 Å². The Balaban J connectivity index is 0.909. The zero-order chi connectivity index (χ0) is 42.1. The van der Waals surface area contributed by atoms with E-state index in [0.717, 1.165) is 10.9 Å². The van der Waals surface area contributed by atoms with Crippen LogP contribution in [0.3, 0.4) is 0 Å². The highest BCUT2D eigenvalue weighted by atomic mass is 35.5. The second-order valence-electron chi connectivity index (χ2n) is 14.2. The maximum Gasteiger partial charge on any atom is 0.347 e. The van der Waals surface area contributed by atoms with Gasteiger partial charge in [-0.1, -0.05) is 40.5 Å². The Kier molecular flexibility index (Phi) is 11.2. The molecule has 0 aliphatic carbocycles. The molecular formula is C42H36Cl2N8O8. The van der Waals surface area contributed by atoms with Crippen molar-refractivity contribution in [2.45, 2.75) is 65.5 Å². The van der Waals surface area contributed by atoms with E-state index in [2.05, 4.69) is 30.3 Å². The monoisotopic (exact) mass is 850 g/mol. The molecule has 0 aliphatic heterocycles. The van der Waals surface area contributed by atoms with E-state index in [-0.39, 0.29) is 37.6 Å². The summed E-state index contributed by atoms with van der Waals surface area (Å²) in [6.07, 6.45) is 4.57. The molecule has 0 aliphatic rings. The summed E-state index contributed by atoms with van der Waals surface area (Å²) in [7, 11) is 0. The van der Waals surface area contributed by atoms with Crippen LogP contribution in [0.15, 0.2) is 94.5 Å². The van der Waals surface area contributed by atoms with Gasteiger partial charge in [-0.2, -0.15) is 15.2 Å². The van der Waals surface area contributed by atoms with Crippen LogP contribution in [0.4, 0.5) is 0 Å². The summed E-state index contributed by atoms with van der Waals surface area (Å²) in [6, 6.07) is 17.9. The lowest BCUT2D eigenvalue weighted by Gasteiger charge is -2.15. The number of carboxylic acids is 1. The predicted octanol–water partition coefficient (Wildman–Crippen LogP) is 8.79. The lowest BCUT2D eigenvalue weighted by Crippen LogP contribution is -2.32. The van der Waals surface area contributed by atoms with Crippen LogP contribution >= 0.6 is 23.2 Å². The second-order valence-corrected chi connectivity index (χ2v) is 15.0. The molecule has 5 heterocycles. The number of nitrogens with zero attached hydrogens (tertiary/aromatic N) is 8. The van der Waals surface area contributed by atoms with E-state index < -0.39 is 18.0 Å². The van der Waals surface area contributed by atoms with Gasteiger partial charge in [0, 0.05) is 33.7 Å². The number of rotatable bonds is 15. The highest BCUT2D eigenvalue weighted by molar-refractivity contribution is 6.32. The zero-order valence-electron chi connectivity index (χ0n) is 32.6. The first-order valence-corrected chi connectivity index (χ1v) is 19.6. The van der Waals surface area contributed by atoms with E-state index in [1.807, 2.05) is 52.0 Å². The van der Waals surface area contributed by atoms with Gasteiger partial charge in [-0.3, -0.25) is 14.2 Å². The van der Waals surface area contributed by atoms with Crippen LogP contribution in [0.25, 0.3) is 67.4 Å². The summed E-state index contributed by atoms with van der Waals surface area (Å²) in [4.78, 5) is 38.8. The highest BCUT2D eigenvalue weighted by Gasteiger charge is 2.25. The molecule has 0 spiro atoms. The van der Waals surface area contributed by atoms with Crippen molar-refractivity contribution in [3.63, 3.8) is 0 Å². The van der Waals surface area contributed by atoms with Crippen molar-refractivity contribution < 1.29 is 37.8 Å². The summed E-state index contributed by atoms with van der Waals surface area (Å²) in [5.41, 5.74) is 4.48. The summed E-state index contributed by atoms with van der Waals surface area (Å²) >= 11 is 12.8. The number of carboxylic acid groups (broad SMARTS) is 1. The Morgan fingerprint density at radius 1 is 0.817 bits per heavy atom. The topological polar surface area (TPSA) is 196 Å². The minimum atomic E-state index is -1.51. The molecule has 1 unspecified atom stereocenters. The fourth-order valence-electron chi connectivity index (χ4n) is 6.44. The first-order valence-electron chi connectivity index (χ1n) is 18.8. The van der Waals surface area contributed by atoms with Crippen LogP contribution in [0.2, 0.25) is 10.0 Å². The number of benzene rings is 3. The van der Waals surface area contributed by atoms with Crippen LogP contribution in [-0.2, 0) is 27.4 Å². The van der Waals surface area contributed by atoms with Gasteiger partial charge in [0.2, 0.25) is 23.7 Å². The smallest absolute Gasteiger partial charge is 0.347 e. The molecular weight excluding hydrogens is 815 g/mol. The molecule has 1 N–H and O–H groups in total. The third kappa shape index (κ3) is 8.51. The Morgan fingerprint density at radius 3 is 2.37 bits per heavy atom. The lowest BCUT2D eigenvalue weighted by molar-refractivity contribution is -0.165. The number of aryl methyl sites for hydroxylation is 1. The van der Waals surface area contributed by atoms with Crippen LogP contribution in [0, 0.1) is 0 Å². The van der Waals surface area contributed by atoms with Crippen molar-refractivity contribution in [2.24, 2.45) is 0 Å². The van der Waals surface area contributed by atoms with Gasteiger partial charge in [0.15, 0.2) is 0 Å². The molecule has 60 heavy (non-hydrogen) atoms. The molecule has 8 rings (SSSR count). The van der Waals surface area contributed by atoms with Gasteiger partial charge in [0.1, 0.15) is 22.7 Å². The third-order valence-electron chi connectivity index (χ3n) is 9.15. The van der Waals surface area contributed by atoms with Gasteiger partial charge in [-0.05, 0) is 76.2 Å². The minimum absolute atomic E-state index is 0.0332. The molecule has 0 saturated heterocycles. The van der Waals surface area contributed by atoms with Crippen molar-refractivity contribution in [1.82, 2.24) is 39.7 Å². The van der Waals surface area contributed by atoms with Crippen LogP contribution in [-0.4, -0.2) is 75.0 Å². The van der Waals surface area contributed by atoms with E-state index >= 15 is 0 Å². The number of carbonyl (C=O) groups is 2. The van der Waals surface area contributed by atoms with Crippen molar-refractivity contribution in [2.75, 3.05) is 0 Å². The molecule has 0 bridgehead atoms. The minimum Gasteiger partial charge on any atom is -0.489 e. The Hall–Kier alpha value is -6.78. The van der Waals surface area contributed by atoms with Crippen molar-refractivity contribution in [3.05, 3.63) is 95.6 Å². The first-order chi connectivity index (χ1) is 28.9. The standard InChI is InChI=1S/C42H36Cl2N8O8/c1-22(2)57-35-11-9-25(15-30(35)43)39-48-32(21-56-39)28-6-5-7-34-29(28)19-47-52(34)20-36(42(54)55)59-37(53)12-13-51-33-10-8-24(14-26(33)18-46-51)38-49-40(60-50-38)27-16-31(44)41(45-17-27)58-23(3)4/h5-11,14-19,21-23,36H,12-13,20H2,1-4H3,(H,54,55). The largest absolute Gasteiger partial charge is 0.489 e. The average Bonchev–Trinajstić information content (AvgIpc) is 4.05. The molecule has 0 saturated carbocycles. The average molecular weight is 852 g/mol. The Morgan fingerprint density at radius 2 is 1.60 bits per heavy atom. The number of pyridine rings is 1. The highest BCUT2D eigenvalue weighted by Crippen LogP contribution is 2.35. The normalized spacial score (nSPS) is 12.1. The van der Waals surface area contributed by atoms with Crippen LogP contribution in [0.1, 0.15) is 34.1 Å². The molecule has 3 aromatic carbocycles.